The standard InChI is InChI=1S/C22H21ClF4N4O5S/c1-4-10-37(34,35)31(36-21(33)22(25,26)27)16-9-6-13(24)19(18(16)23)29-14-7-8-15-17(12(14)3)20(32)30(5-2)11-28-15/h6-9,11,29H,4-5,10H2,1-3H3. The van der Waals surface area contributed by atoms with Gasteiger partial charge in [-0.3, -0.25) is 9.36 Å². The van der Waals surface area contributed by atoms with Crippen LogP contribution in [-0.2, 0) is 26.2 Å². The van der Waals surface area contributed by atoms with Gasteiger partial charge in [-0.1, -0.05) is 23.0 Å². The van der Waals surface area contributed by atoms with Gasteiger partial charge in [-0.25, -0.2) is 22.6 Å². The van der Waals surface area contributed by atoms with Crippen LogP contribution >= 0.6 is 11.6 Å². The molecule has 37 heavy (non-hydrogen) atoms. The fraction of sp³-hybridized carbons (Fsp3) is 0.318. The lowest BCUT2D eigenvalue weighted by Crippen LogP contribution is -2.40. The Morgan fingerprint density at radius 3 is 2.49 bits per heavy atom. The number of fused-ring (bicyclic) bond motifs is 1. The number of anilines is 3. The van der Waals surface area contributed by atoms with Crippen LogP contribution in [0.4, 0.5) is 34.6 Å². The average molecular weight is 565 g/mol. The molecule has 1 aromatic heterocycles. The summed E-state index contributed by atoms with van der Waals surface area (Å²) in [4.78, 5) is 32.7. The smallest absolute Gasteiger partial charge is 0.352 e. The van der Waals surface area contributed by atoms with Crippen molar-refractivity contribution in [3.8, 4) is 0 Å². The minimum Gasteiger partial charge on any atom is -0.352 e. The third-order valence-electron chi connectivity index (χ3n) is 5.23. The SMILES string of the molecule is CCCS(=O)(=O)N(OC(=O)C(F)(F)F)c1ccc(F)c(Nc2ccc3ncn(CC)c(=O)c3c2C)c1Cl. The van der Waals surface area contributed by atoms with E-state index in [1.165, 1.54) is 30.0 Å². The Labute approximate surface area is 213 Å². The Balaban J connectivity index is 2.16. The van der Waals surface area contributed by atoms with Gasteiger partial charge in [-0.2, -0.15) is 13.2 Å². The number of halogens is 5. The molecule has 0 spiro atoms. The van der Waals surface area contributed by atoms with Gasteiger partial charge in [-0.15, -0.1) is 0 Å². The summed E-state index contributed by atoms with van der Waals surface area (Å²) in [5, 5.41) is 2.20. The molecular formula is C22H21ClF4N4O5S. The fourth-order valence-electron chi connectivity index (χ4n) is 3.42. The molecule has 0 aliphatic rings. The van der Waals surface area contributed by atoms with E-state index in [0.717, 1.165) is 12.1 Å². The maximum Gasteiger partial charge on any atom is 0.493 e. The first-order valence-electron chi connectivity index (χ1n) is 10.8. The molecule has 0 bridgehead atoms. The molecule has 0 saturated heterocycles. The molecule has 3 aromatic rings. The molecule has 9 nitrogen and oxygen atoms in total. The van der Waals surface area contributed by atoms with E-state index in [0.29, 0.717) is 17.6 Å². The van der Waals surface area contributed by atoms with E-state index in [-0.39, 0.29) is 27.5 Å². The van der Waals surface area contributed by atoms with Crippen molar-refractivity contribution in [3.05, 3.63) is 57.3 Å². The molecule has 0 aliphatic carbocycles. The Hall–Kier alpha value is -3.39. The zero-order valence-corrected chi connectivity index (χ0v) is 21.3. The molecule has 0 atom stereocenters. The van der Waals surface area contributed by atoms with Crippen LogP contribution < -0.4 is 15.3 Å². The molecule has 1 N–H and O–H groups in total. The highest BCUT2D eigenvalue weighted by atomic mass is 35.5. The second-order valence-corrected chi connectivity index (χ2v) is 10.0. The first-order valence-corrected chi connectivity index (χ1v) is 12.8. The first kappa shape index (κ1) is 28.2. The molecule has 200 valence electrons. The van der Waals surface area contributed by atoms with Crippen molar-refractivity contribution in [1.82, 2.24) is 9.55 Å². The van der Waals surface area contributed by atoms with E-state index in [1.54, 1.807) is 13.8 Å². The van der Waals surface area contributed by atoms with Crippen molar-refractivity contribution in [2.24, 2.45) is 0 Å². The highest BCUT2D eigenvalue weighted by molar-refractivity contribution is 7.92. The summed E-state index contributed by atoms with van der Waals surface area (Å²) in [7, 11) is -4.65. The van der Waals surface area contributed by atoms with Crippen molar-refractivity contribution in [1.29, 1.82) is 0 Å². The van der Waals surface area contributed by atoms with Gasteiger partial charge >= 0.3 is 12.1 Å². The number of nitrogens with one attached hydrogen (secondary N) is 1. The van der Waals surface area contributed by atoms with Gasteiger partial charge in [0.25, 0.3) is 15.6 Å². The number of carbonyl (C=O) groups is 1. The molecule has 0 unspecified atom stereocenters. The van der Waals surface area contributed by atoms with E-state index in [1.807, 2.05) is 0 Å². The molecule has 1 heterocycles. The number of carbonyl (C=O) groups excluding carboxylic acids is 1. The van der Waals surface area contributed by atoms with Crippen LogP contribution in [0.5, 0.6) is 0 Å². The summed E-state index contributed by atoms with van der Waals surface area (Å²) in [5.74, 6) is -4.51. The Bertz CT molecular complexity index is 1530. The van der Waals surface area contributed by atoms with Gasteiger partial charge in [-0.05, 0) is 50.1 Å². The largest absolute Gasteiger partial charge is 0.493 e. The summed E-state index contributed by atoms with van der Waals surface area (Å²) in [6.45, 7) is 5.09. The number of nitrogens with zero attached hydrogens (tertiary/aromatic N) is 3. The number of rotatable bonds is 8. The van der Waals surface area contributed by atoms with E-state index in [4.69, 9.17) is 11.6 Å². The van der Waals surface area contributed by atoms with Gasteiger partial charge in [0.1, 0.15) is 11.5 Å². The zero-order valence-electron chi connectivity index (χ0n) is 19.7. The number of alkyl halides is 3. The summed E-state index contributed by atoms with van der Waals surface area (Å²) in [6.07, 6.45) is -4.17. The number of sulfonamides is 1. The Morgan fingerprint density at radius 1 is 1.22 bits per heavy atom. The Kier molecular flexibility index (Phi) is 8.03. The molecule has 0 saturated carbocycles. The average Bonchev–Trinajstić information content (AvgIpc) is 2.81. The number of benzene rings is 2. The summed E-state index contributed by atoms with van der Waals surface area (Å²) in [6, 6.07) is 4.46. The fourth-order valence-corrected chi connectivity index (χ4v) is 5.06. The lowest BCUT2D eigenvalue weighted by atomic mass is 10.1. The van der Waals surface area contributed by atoms with Crippen LogP contribution in [0.2, 0.25) is 5.02 Å². The van der Waals surface area contributed by atoms with Crippen LogP contribution in [0.25, 0.3) is 10.9 Å². The lowest BCUT2D eigenvalue weighted by Gasteiger charge is -2.25. The number of hydrogen-bond donors (Lipinski definition) is 1. The highest BCUT2D eigenvalue weighted by Gasteiger charge is 2.45. The summed E-state index contributed by atoms with van der Waals surface area (Å²) >= 11 is 6.25. The quantitative estimate of drug-likeness (QED) is 0.308. The van der Waals surface area contributed by atoms with Crippen molar-refractivity contribution in [2.45, 2.75) is 39.9 Å². The monoisotopic (exact) mass is 564 g/mol. The normalized spacial score (nSPS) is 12.0. The van der Waals surface area contributed by atoms with Crippen LogP contribution in [0, 0.1) is 12.7 Å². The number of aromatic nitrogens is 2. The van der Waals surface area contributed by atoms with Crippen LogP contribution in [0.3, 0.4) is 0 Å². The maximum atomic E-state index is 14.8. The van der Waals surface area contributed by atoms with Gasteiger partial charge in [0.15, 0.2) is 0 Å². The second-order valence-electron chi connectivity index (χ2n) is 7.77. The molecule has 0 radical (unpaired) electrons. The molecule has 0 amide bonds. The number of aryl methyl sites for hydroxylation is 2. The van der Waals surface area contributed by atoms with Gasteiger partial charge < -0.3 is 10.2 Å². The van der Waals surface area contributed by atoms with Crippen LogP contribution in [-0.4, -0.2) is 35.9 Å². The van der Waals surface area contributed by atoms with E-state index in [2.05, 4.69) is 15.1 Å². The molecule has 2 aromatic carbocycles. The molecule has 0 fully saturated rings. The zero-order chi connectivity index (χ0) is 27.7. The van der Waals surface area contributed by atoms with Gasteiger partial charge in [0, 0.05) is 12.2 Å². The highest BCUT2D eigenvalue weighted by Crippen LogP contribution is 2.39. The molecule has 0 aliphatic heterocycles. The van der Waals surface area contributed by atoms with Gasteiger partial charge in [0.05, 0.1) is 33.7 Å². The predicted molar refractivity (Wildman–Crippen MR) is 130 cm³/mol. The minimum atomic E-state index is -5.52. The summed E-state index contributed by atoms with van der Waals surface area (Å²) < 4.78 is 79.8. The topological polar surface area (TPSA) is 111 Å². The second kappa shape index (κ2) is 10.5. The Morgan fingerprint density at radius 2 is 1.89 bits per heavy atom. The molecular weight excluding hydrogens is 544 g/mol. The summed E-state index contributed by atoms with van der Waals surface area (Å²) in [5.41, 5.74) is -0.698. The van der Waals surface area contributed by atoms with Crippen LogP contribution in [0.1, 0.15) is 25.8 Å². The third kappa shape index (κ3) is 5.64. The van der Waals surface area contributed by atoms with Gasteiger partial charge in [0.2, 0.25) is 0 Å². The molecule has 3 rings (SSSR count). The van der Waals surface area contributed by atoms with Crippen molar-refractivity contribution < 1.29 is 35.6 Å². The first-order chi connectivity index (χ1) is 17.2. The predicted octanol–water partition coefficient (Wildman–Crippen LogP) is 4.83. The molecule has 15 heteroatoms. The van der Waals surface area contributed by atoms with Crippen LogP contribution in [0.15, 0.2) is 35.4 Å². The van der Waals surface area contributed by atoms with E-state index >= 15 is 0 Å². The number of hydrogen-bond acceptors (Lipinski definition) is 7. The van der Waals surface area contributed by atoms with Crippen molar-refractivity contribution >= 4 is 55.6 Å². The van der Waals surface area contributed by atoms with Crippen molar-refractivity contribution in [2.75, 3.05) is 15.5 Å². The maximum absolute atomic E-state index is 14.8. The minimum absolute atomic E-state index is 0.0358. The van der Waals surface area contributed by atoms with E-state index < -0.39 is 50.1 Å². The van der Waals surface area contributed by atoms with E-state index in [9.17, 15) is 35.6 Å². The third-order valence-corrected chi connectivity index (χ3v) is 7.32. The van der Waals surface area contributed by atoms with Crippen molar-refractivity contribution in [3.63, 3.8) is 0 Å². The lowest BCUT2D eigenvalue weighted by molar-refractivity contribution is -0.199.